The molecule has 0 atom stereocenters. The highest BCUT2D eigenvalue weighted by Crippen LogP contribution is 2.44. The van der Waals surface area contributed by atoms with Crippen LogP contribution in [0.5, 0.6) is 0 Å². The fourth-order valence-corrected chi connectivity index (χ4v) is 3.06. The van der Waals surface area contributed by atoms with E-state index in [-0.39, 0.29) is 6.10 Å². The lowest BCUT2D eigenvalue weighted by Gasteiger charge is -2.18. The van der Waals surface area contributed by atoms with Gasteiger partial charge in [-0.2, -0.15) is 0 Å². The number of hydrogen-bond donors (Lipinski definition) is 0. The van der Waals surface area contributed by atoms with Crippen molar-refractivity contribution in [3.05, 3.63) is 70.8 Å². The highest BCUT2D eigenvalue weighted by Gasteiger charge is 2.26. The Labute approximate surface area is 122 Å². The molecule has 1 nitrogen and oxygen atoms in total. The molecule has 0 bridgehead atoms. The Balaban J connectivity index is 2.38. The molecule has 0 aromatic heterocycles. The summed E-state index contributed by atoms with van der Waals surface area (Å²) in [6.45, 7) is 0. The summed E-state index contributed by atoms with van der Waals surface area (Å²) < 4.78 is 5.68. The Hall–Kier alpha value is -1.28. The maximum Gasteiger partial charge on any atom is 0.108 e. The van der Waals surface area contributed by atoms with Crippen LogP contribution in [-0.2, 0) is 4.74 Å². The van der Waals surface area contributed by atoms with E-state index < -0.39 is 0 Å². The minimum absolute atomic E-state index is 0.155. The molecule has 0 N–H and O–H groups in total. The second-order valence-electron chi connectivity index (χ2n) is 4.42. The van der Waals surface area contributed by atoms with Crippen molar-refractivity contribution in [1.82, 2.24) is 0 Å². The maximum atomic E-state index is 6.44. The molecule has 0 amide bonds. The largest absolute Gasteiger partial charge is 0.372 e. The molecule has 3 heteroatoms. The van der Waals surface area contributed by atoms with Gasteiger partial charge in [0.2, 0.25) is 0 Å². The zero-order valence-corrected chi connectivity index (χ0v) is 11.9. The quantitative estimate of drug-likeness (QED) is 0.715. The summed E-state index contributed by atoms with van der Waals surface area (Å²) in [5.41, 5.74) is 3.94. The standard InChI is InChI=1S/C16H12Cl2O/c1-19-16-12-8-4-2-6-10(12)14(17)15(18)11-7-3-5-9-13(11)16/h2-9,16H,1H3. The summed E-state index contributed by atoms with van der Waals surface area (Å²) in [5, 5.41) is 1.15. The Kier molecular flexibility index (Phi) is 3.36. The van der Waals surface area contributed by atoms with Crippen molar-refractivity contribution in [1.29, 1.82) is 0 Å². The molecule has 3 rings (SSSR count). The number of fused-ring (bicyclic) bond motifs is 2. The van der Waals surface area contributed by atoms with E-state index >= 15 is 0 Å². The first-order valence-corrected chi connectivity index (χ1v) is 6.76. The maximum absolute atomic E-state index is 6.44. The van der Waals surface area contributed by atoms with Crippen LogP contribution in [0.2, 0.25) is 0 Å². The van der Waals surface area contributed by atoms with Gasteiger partial charge in [0, 0.05) is 18.2 Å². The van der Waals surface area contributed by atoms with Gasteiger partial charge in [-0.15, -0.1) is 0 Å². The molecule has 0 spiro atoms. The lowest BCUT2D eigenvalue weighted by atomic mass is 9.96. The van der Waals surface area contributed by atoms with E-state index in [4.69, 9.17) is 27.9 Å². The van der Waals surface area contributed by atoms with Crippen molar-refractivity contribution in [2.24, 2.45) is 0 Å². The van der Waals surface area contributed by atoms with Crippen LogP contribution in [0.1, 0.15) is 28.4 Å². The number of halogens is 2. The number of rotatable bonds is 1. The molecule has 96 valence electrons. The summed E-state index contributed by atoms with van der Waals surface area (Å²) in [6, 6.07) is 15.9. The molecule has 1 aliphatic carbocycles. The number of benzene rings is 2. The molecule has 0 radical (unpaired) electrons. The highest BCUT2D eigenvalue weighted by molar-refractivity contribution is 6.65. The van der Waals surface area contributed by atoms with Crippen LogP contribution in [0.4, 0.5) is 0 Å². The minimum atomic E-state index is -0.155. The Morgan fingerprint density at radius 3 is 1.63 bits per heavy atom. The summed E-state index contributed by atoms with van der Waals surface area (Å²) >= 11 is 12.9. The minimum Gasteiger partial charge on any atom is -0.372 e. The van der Waals surface area contributed by atoms with E-state index in [1.54, 1.807) is 7.11 Å². The van der Waals surface area contributed by atoms with Crippen LogP contribution in [0.3, 0.4) is 0 Å². The molecule has 19 heavy (non-hydrogen) atoms. The van der Waals surface area contributed by atoms with Crippen LogP contribution in [-0.4, -0.2) is 7.11 Å². The van der Waals surface area contributed by atoms with Crippen LogP contribution in [0.15, 0.2) is 48.5 Å². The molecular weight excluding hydrogens is 279 g/mol. The lowest BCUT2D eigenvalue weighted by Crippen LogP contribution is -2.05. The average Bonchev–Trinajstić information content (AvgIpc) is 2.55. The van der Waals surface area contributed by atoms with Gasteiger partial charge in [-0.05, 0) is 11.1 Å². The summed E-state index contributed by atoms with van der Waals surface area (Å²) in [6.07, 6.45) is -0.155. The zero-order chi connectivity index (χ0) is 13.4. The second kappa shape index (κ2) is 5.01. The first-order chi connectivity index (χ1) is 9.24. The van der Waals surface area contributed by atoms with E-state index in [0.717, 1.165) is 22.3 Å². The molecule has 0 aliphatic heterocycles. The van der Waals surface area contributed by atoms with Crippen molar-refractivity contribution in [2.75, 3.05) is 7.11 Å². The average molecular weight is 291 g/mol. The molecule has 0 unspecified atom stereocenters. The van der Waals surface area contributed by atoms with E-state index in [9.17, 15) is 0 Å². The van der Waals surface area contributed by atoms with E-state index in [2.05, 4.69) is 0 Å². The molecule has 0 fully saturated rings. The smallest absolute Gasteiger partial charge is 0.108 e. The van der Waals surface area contributed by atoms with E-state index in [1.807, 2.05) is 48.5 Å². The van der Waals surface area contributed by atoms with Crippen LogP contribution < -0.4 is 0 Å². The lowest BCUT2D eigenvalue weighted by molar-refractivity contribution is 0.136. The van der Waals surface area contributed by atoms with Gasteiger partial charge >= 0.3 is 0 Å². The Morgan fingerprint density at radius 2 is 1.21 bits per heavy atom. The zero-order valence-electron chi connectivity index (χ0n) is 10.4. The van der Waals surface area contributed by atoms with Gasteiger partial charge in [0.05, 0.1) is 10.1 Å². The van der Waals surface area contributed by atoms with Crippen molar-refractivity contribution in [3.8, 4) is 0 Å². The van der Waals surface area contributed by atoms with Gasteiger partial charge in [0.1, 0.15) is 6.10 Å². The molecule has 0 saturated heterocycles. The predicted octanol–water partition coefficient (Wildman–Crippen LogP) is 5.04. The van der Waals surface area contributed by atoms with Gasteiger partial charge in [-0.3, -0.25) is 0 Å². The third-order valence-corrected chi connectivity index (χ3v) is 4.27. The summed E-state index contributed by atoms with van der Waals surface area (Å²) in [7, 11) is 1.70. The number of methoxy groups -OCH3 is 1. The highest BCUT2D eigenvalue weighted by atomic mass is 35.5. The third-order valence-electron chi connectivity index (χ3n) is 3.39. The molecule has 2 aromatic carbocycles. The van der Waals surface area contributed by atoms with E-state index in [0.29, 0.717) is 10.1 Å². The number of ether oxygens (including phenoxy) is 1. The van der Waals surface area contributed by atoms with Gasteiger partial charge in [-0.25, -0.2) is 0 Å². The van der Waals surface area contributed by atoms with Gasteiger partial charge < -0.3 is 4.74 Å². The molecule has 0 heterocycles. The van der Waals surface area contributed by atoms with Crippen molar-refractivity contribution in [2.45, 2.75) is 6.10 Å². The van der Waals surface area contributed by atoms with Gasteiger partial charge in [-0.1, -0.05) is 71.7 Å². The first-order valence-electron chi connectivity index (χ1n) is 6.00. The SMILES string of the molecule is COC1c2ccccc2C(Cl)=C(Cl)c2ccccc21. The van der Waals surface area contributed by atoms with Crippen LogP contribution in [0, 0.1) is 0 Å². The van der Waals surface area contributed by atoms with Crippen molar-refractivity contribution in [3.63, 3.8) is 0 Å². The fourth-order valence-electron chi connectivity index (χ4n) is 2.51. The molecule has 0 saturated carbocycles. The van der Waals surface area contributed by atoms with Crippen LogP contribution >= 0.6 is 23.2 Å². The Bertz CT molecular complexity index is 606. The van der Waals surface area contributed by atoms with E-state index in [1.165, 1.54) is 0 Å². The Morgan fingerprint density at radius 1 is 0.789 bits per heavy atom. The summed E-state index contributed by atoms with van der Waals surface area (Å²) in [5.74, 6) is 0. The van der Waals surface area contributed by atoms with Gasteiger partial charge in [0.25, 0.3) is 0 Å². The monoisotopic (exact) mass is 290 g/mol. The molecule has 1 aliphatic rings. The van der Waals surface area contributed by atoms with Gasteiger partial charge in [0.15, 0.2) is 0 Å². The summed E-state index contributed by atoms with van der Waals surface area (Å²) in [4.78, 5) is 0. The second-order valence-corrected chi connectivity index (χ2v) is 5.17. The predicted molar refractivity (Wildman–Crippen MR) is 80.3 cm³/mol. The first kappa shape index (κ1) is 12.7. The molecule has 2 aromatic rings. The third kappa shape index (κ3) is 1.99. The van der Waals surface area contributed by atoms with Crippen LogP contribution in [0.25, 0.3) is 10.1 Å². The normalized spacial score (nSPS) is 14.9. The topological polar surface area (TPSA) is 9.23 Å². The molecular formula is C16H12Cl2O. The van der Waals surface area contributed by atoms with Crippen molar-refractivity contribution >= 4 is 33.3 Å². The number of hydrogen-bond acceptors (Lipinski definition) is 1. The van der Waals surface area contributed by atoms with Crippen molar-refractivity contribution < 1.29 is 4.74 Å². The fraction of sp³-hybridized carbons (Fsp3) is 0.125.